The van der Waals surface area contributed by atoms with Gasteiger partial charge in [-0.1, -0.05) is 22.9 Å². The number of carbonyl (C=O) groups excluding carboxylic acids is 1. The summed E-state index contributed by atoms with van der Waals surface area (Å²) in [5.74, 6) is -0.725. The molecule has 0 aliphatic carbocycles. The molecule has 0 aliphatic rings. The fraction of sp³-hybridized carbons (Fsp3) is 0.222. The molecule has 2 aromatic rings. The maximum Gasteiger partial charge on any atom is 0.443 e. The molecule has 0 atom stereocenters. The Labute approximate surface area is 113 Å². The number of rotatable bonds is 2. The fourth-order valence-corrected chi connectivity index (χ4v) is 2.13. The molecule has 0 aromatic carbocycles. The molecule has 0 N–H and O–H groups in total. The van der Waals surface area contributed by atoms with Crippen LogP contribution in [-0.4, -0.2) is 27.8 Å². The van der Waals surface area contributed by atoms with Crippen LogP contribution in [0.15, 0.2) is 12.4 Å². The Kier molecular flexibility index (Phi) is 3.50. The highest BCUT2D eigenvalue weighted by molar-refractivity contribution is 7.14. The van der Waals surface area contributed by atoms with Gasteiger partial charge < -0.3 is 4.74 Å². The zero-order chi connectivity index (χ0) is 14.2. The fourth-order valence-electron chi connectivity index (χ4n) is 1.22. The van der Waals surface area contributed by atoms with Gasteiger partial charge in [0.2, 0.25) is 0 Å². The number of thiazole rings is 1. The number of methoxy groups -OCH3 is 1. The summed E-state index contributed by atoms with van der Waals surface area (Å²) >= 11 is 6.08. The first kappa shape index (κ1) is 13.8. The van der Waals surface area contributed by atoms with Gasteiger partial charge >= 0.3 is 12.1 Å². The van der Waals surface area contributed by atoms with Crippen molar-refractivity contribution < 1.29 is 22.7 Å². The Bertz CT molecular complexity index is 622. The molecule has 0 aliphatic heterocycles. The van der Waals surface area contributed by atoms with Crippen LogP contribution in [0.2, 0.25) is 5.15 Å². The first-order valence-electron chi connectivity index (χ1n) is 4.70. The van der Waals surface area contributed by atoms with E-state index in [0.29, 0.717) is 11.3 Å². The van der Waals surface area contributed by atoms with E-state index in [0.717, 1.165) is 18.0 Å². The smallest absolute Gasteiger partial charge is 0.443 e. The highest BCUT2D eigenvalue weighted by atomic mass is 35.5. The van der Waals surface area contributed by atoms with Crippen molar-refractivity contribution in [2.24, 2.45) is 0 Å². The van der Waals surface area contributed by atoms with Gasteiger partial charge in [-0.15, -0.1) is 0 Å². The average Bonchev–Trinajstić information content (AvgIpc) is 2.93. The Morgan fingerprint density at radius 1 is 1.53 bits per heavy atom. The zero-order valence-corrected chi connectivity index (χ0v) is 10.8. The van der Waals surface area contributed by atoms with E-state index in [1.807, 2.05) is 0 Å². The lowest BCUT2D eigenvalue weighted by atomic mass is 10.4. The maximum absolute atomic E-state index is 12.4. The van der Waals surface area contributed by atoms with Crippen molar-refractivity contribution in [2.45, 2.75) is 6.18 Å². The predicted octanol–water partition coefficient (Wildman–Crippen LogP) is 2.79. The normalized spacial score (nSPS) is 11.6. The lowest BCUT2D eigenvalue weighted by Crippen LogP contribution is -2.02. The molecule has 2 aromatic heterocycles. The van der Waals surface area contributed by atoms with Gasteiger partial charge in [0.1, 0.15) is 10.6 Å². The highest BCUT2D eigenvalue weighted by Crippen LogP contribution is 2.33. The molecular weight excluding hydrogens is 307 g/mol. The van der Waals surface area contributed by atoms with E-state index >= 15 is 0 Å². The van der Waals surface area contributed by atoms with Crippen LogP contribution in [0.25, 0.3) is 5.00 Å². The molecule has 0 spiro atoms. The topological polar surface area (TPSA) is 57.0 Å². The number of aromatic nitrogens is 3. The van der Waals surface area contributed by atoms with E-state index in [-0.39, 0.29) is 15.7 Å². The molecule has 10 heteroatoms. The molecule has 0 unspecified atom stereocenters. The second-order valence-corrected chi connectivity index (χ2v) is 4.64. The number of ether oxygens (including phenoxy) is 1. The summed E-state index contributed by atoms with van der Waals surface area (Å²) in [6.07, 6.45) is -2.34. The zero-order valence-electron chi connectivity index (χ0n) is 9.23. The summed E-state index contributed by atoms with van der Waals surface area (Å²) in [5.41, 5.74) is -0.0360. The maximum atomic E-state index is 12.4. The second kappa shape index (κ2) is 4.82. The molecule has 5 nitrogen and oxygen atoms in total. The van der Waals surface area contributed by atoms with Crippen LogP contribution >= 0.6 is 22.9 Å². The van der Waals surface area contributed by atoms with E-state index < -0.39 is 17.2 Å². The Hall–Kier alpha value is -1.61. The number of hydrogen-bond acceptors (Lipinski definition) is 5. The number of esters is 1. The summed E-state index contributed by atoms with van der Waals surface area (Å²) in [6, 6.07) is 0. The van der Waals surface area contributed by atoms with Crippen LogP contribution in [-0.2, 0) is 10.9 Å². The van der Waals surface area contributed by atoms with Gasteiger partial charge in [0, 0.05) is 6.20 Å². The molecule has 0 saturated carbocycles. The van der Waals surface area contributed by atoms with Crippen molar-refractivity contribution in [3.05, 3.63) is 28.1 Å². The Morgan fingerprint density at radius 2 is 2.21 bits per heavy atom. The van der Waals surface area contributed by atoms with Gasteiger partial charge in [-0.05, 0) is 0 Å². The van der Waals surface area contributed by atoms with Crippen molar-refractivity contribution >= 4 is 28.9 Å². The molecular formula is C9H5ClF3N3O2S. The molecule has 2 rings (SSSR count). The van der Waals surface area contributed by atoms with Crippen LogP contribution in [0.5, 0.6) is 0 Å². The summed E-state index contributed by atoms with van der Waals surface area (Å²) < 4.78 is 42.7. The minimum atomic E-state index is -4.52. The second-order valence-electron chi connectivity index (χ2n) is 3.27. The number of nitrogens with zero attached hydrogens (tertiary/aromatic N) is 3. The quantitative estimate of drug-likeness (QED) is 0.800. The van der Waals surface area contributed by atoms with Crippen molar-refractivity contribution in [3.63, 3.8) is 0 Å². The molecule has 19 heavy (non-hydrogen) atoms. The van der Waals surface area contributed by atoms with E-state index in [1.54, 1.807) is 0 Å². The third kappa shape index (κ3) is 2.71. The lowest BCUT2D eigenvalue weighted by Gasteiger charge is -1.99. The third-order valence-electron chi connectivity index (χ3n) is 2.04. The molecule has 0 radical (unpaired) electrons. The standard InChI is InChI=1S/C9H5ClF3N3O2S/c1-18-7(17)4-3-16(15-6(4)10)5-2-14-8(19-5)9(11,12)13/h2-3H,1H3. The van der Waals surface area contributed by atoms with Gasteiger partial charge in [0.05, 0.1) is 13.3 Å². The summed E-state index contributed by atoms with van der Waals surface area (Å²) in [6.45, 7) is 0. The first-order chi connectivity index (χ1) is 8.82. The van der Waals surface area contributed by atoms with Gasteiger partial charge in [0.15, 0.2) is 10.2 Å². The third-order valence-corrected chi connectivity index (χ3v) is 3.35. The largest absolute Gasteiger partial charge is 0.465 e. The summed E-state index contributed by atoms with van der Waals surface area (Å²) in [5, 5.41) is 2.65. The molecule has 2 heterocycles. The summed E-state index contributed by atoms with van der Waals surface area (Å²) in [7, 11) is 1.16. The number of alkyl halides is 3. The van der Waals surface area contributed by atoms with E-state index in [2.05, 4.69) is 14.8 Å². The summed E-state index contributed by atoms with van der Waals surface area (Å²) in [4.78, 5) is 14.5. The van der Waals surface area contributed by atoms with E-state index in [1.165, 1.54) is 6.20 Å². The molecule has 102 valence electrons. The van der Waals surface area contributed by atoms with Crippen molar-refractivity contribution in [1.29, 1.82) is 0 Å². The lowest BCUT2D eigenvalue weighted by molar-refractivity contribution is -0.137. The van der Waals surface area contributed by atoms with Crippen LogP contribution in [0, 0.1) is 0 Å². The van der Waals surface area contributed by atoms with Gasteiger partial charge in [0.25, 0.3) is 0 Å². The van der Waals surface area contributed by atoms with Crippen LogP contribution in [0.3, 0.4) is 0 Å². The van der Waals surface area contributed by atoms with Crippen molar-refractivity contribution in [1.82, 2.24) is 14.8 Å². The van der Waals surface area contributed by atoms with Gasteiger partial charge in [-0.3, -0.25) is 0 Å². The SMILES string of the molecule is COC(=O)c1cn(-c2cnc(C(F)(F)F)s2)nc1Cl. The molecule has 0 saturated heterocycles. The van der Waals surface area contributed by atoms with Crippen LogP contribution < -0.4 is 0 Å². The average molecular weight is 312 g/mol. The van der Waals surface area contributed by atoms with Crippen LogP contribution in [0.4, 0.5) is 13.2 Å². The van der Waals surface area contributed by atoms with Crippen LogP contribution in [0.1, 0.15) is 15.4 Å². The van der Waals surface area contributed by atoms with E-state index in [4.69, 9.17) is 11.6 Å². The minimum Gasteiger partial charge on any atom is -0.465 e. The Balaban J connectivity index is 2.38. The molecule has 0 amide bonds. The monoisotopic (exact) mass is 311 g/mol. The number of hydrogen-bond donors (Lipinski definition) is 0. The number of carbonyl (C=O) groups is 1. The molecule has 0 bridgehead atoms. The number of halogens is 4. The Morgan fingerprint density at radius 3 is 2.74 bits per heavy atom. The van der Waals surface area contributed by atoms with Crippen molar-refractivity contribution in [2.75, 3.05) is 7.11 Å². The first-order valence-corrected chi connectivity index (χ1v) is 5.89. The molecule has 0 fully saturated rings. The van der Waals surface area contributed by atoms with Gasteiger partial charge in [-0.2, -0.15) is 18.3 Å². The predicted molar refractivity (Wildman–Crippen MR) is 60.6 cm³/mol. The minimum absolute atomic E-state index is 0.0360. The van der Waals surface area contributed by atoms with Gasteiger partial charge in [-0.25, -0.2) is 14.5 Å². The van der Waals surface area contributed by atoms with E-state index in [9.17, 15) is 18.0 Å². The van der Waals surface area contributed by atoms with Crippen molar-refractivity contribution in [3.8, 4) is 5.00 Å². The highest BCUT2D eigenvalue weighted by Gasteiger charge is 2.35.